The number of alkyl halides is 3. The fraction of sp³-hybridized carbons (Fsp3) is 0.308. The molecule has 0 spiro atoms. The molecule has 0 saturated carbocycles. The van der Waals surface area contributed by atoms with Gasteiger partial charge in [-0.2, -0.15) is 13.2 Å². The van der Waals surface area contributed by atoms with E-state index in [1.54, 1.807) is 7.05 Å². The Morgan fingerprint density at radius 1 is 1.26 bits per heavy atom. The largest absolute Gasteiger partial charge is 0.443 e. The van der Waals surface area contributed by atoms with Crippen molar-refractivity contribution in [3.05, 3.63) is 52.0 Å². The van der Waals surface area contributed by atoms with E-state index in [1.165, 1.54) is 5.38 Å². The van der Waals surface area contributed by atoms with Crippen LogP contribution in [0.4, 0.5) is 13.2 Å². The van der Waals surface area contributed by atoms with Crippen molar-refractivity contribution in [3.63, 3.8) is 0 Å². The van der Waals surface area contributed by atoms with E-state index in [2.05, 4.69) is 10.3 Å². The van der Waals surface area contributed by atoms with Crippen molar-refractivity contribution in [1.82, 2.24) is 10.3 Å². The Bertz CT molecular complexity index is 522. The molecule has 0 saturated heterocycles. The quantitative estimate of drug-likeness (QED) is 0.927. The van der Waals surface area contributed by atoms with E-state index in [0.29, 0.717) is 23.5 Å². The average molecular weight is 286 g/mol. The highest BCUT2D eigenvalue weighted by Crippen LogP contribution is 2.32. The fourth-order valence-electron chi connectivity index (χ4n) is 1.81. The van der Waals surface area contributed by atoms with Crippen LogP contribution in [-0.4, -0.2) is 12.0 Å². The number of hydrogen-bond donors (Lipinski definition) is 1. The summed E-state index contributed by atoms with van der Waals surface area (Å²) >= 11 is 0.640. The second kappa shape index (κ2) is 5.71. The Morgan fingerprint density at radius 2 is 1.95 bits per heavy atom. The number of hydrogen-bond acceptors (Lipinski definition) is 3. The normalized spacial score (nSPS) is 13.5. The molecule has 1 aromatic heterocycles. The predicted molar refractivity (Wildman–Crippen MR) is 69.1 cm³/mol. The van der Waals surface area contributed by atoms with Crippen LogP contribution in [0.1, 0.15) is 22.3 Å². The molecule has 2 nitrogen and oxygen atoms in total. The maximum Gasteiger partial charge on any atom is 0.443 e. The second-order valence-corrected chi connectivity index (χ2v) is 4.96. The Hall–Kier alpha value is -1.40. The van der Waals surface area contributed by atoms with Gasteiger partial charge in [0.1, 0.15) is 0 Å². The molecular weight excluding hydrogens is 273 g/mol. The monoisotopic (exact) mass is 286 g/mol. The number of likely N-dealkylation sites (N-methyl/N-ethyl adjacent to an activating group) is 1. The Labute approximate surface area is 113 Å². The fourth-order valence-corrected chi connectivity index (χ4v) is 2.51. The third-order valence-electron chi connectivity index (χ3n) is 2.76. The van der Waals surface area contributed by atoms with Crippen molar-refractivity contribution < 1.29 is 13.2 Å². The molecule has 2 rings (SSSR count). The molecule has 6 heteroatoms. The van der Waals surface area contributed by atoms with Gasteiger partial charge in [-0.25, -0.2) is 4.98 Å². The third kappa shape index (κ3) is 3.54. The lowest BCUT2D eigenvalue weighted by atomic mass is 10.0. The number of nitrogens with one attached hydrogen (secondary N) is 1. The zero-order valence-corrected chi connectivity index (χ0v) is 11.1. The van der Waals surface area contributed by atoms with Gasteiger partial charge in [-0.05, 0) is 12.6 Å². The molecule has 0 aliphatic heterocycles. The van der Waals surface area contributed by atoms with Gasteiger partial charge in [0.25, 0.3) is 0 Å². The third-order valence-corrected chi connectivity index (χ3v) is 3.69. The minimum Gasteiger partial charge on any atom is -0.313 e. The molecule has 0 fully saturated rings. The van der Waals surface area contributed by atoms with Gasteiger partial charge in [-0.3, -0.25) is 0 Å². The molecular formula is C13H13F3N2S. The zero-order chi connectivity index (χ0) is 13.9. The van der Waals surface area contributed by atoms with Crippen LogP contribution in [0.3, 0.4) is 0 Å². The van der Waals surface area contributed by atoms with Gasteiger partial charge in [0.05, 0.1) is 5.69 Å². The van der Waals surface area contributed by atoms with Crippen LogP contribution in [0.2, 0.25) is 0 Å². The zero-order valence-electron chi connectivity index (χ0n) is 10.2. The summed E-state index contributed by atoms with van der Waals surface area (Å²) in [7, 11) is 1.79. The van der Waals surface area contributed by atoms with E-state index in [-0.39, 0.29) is 6.04 Å². The van der Waals surface area contributed by atoms with E-state index in [9.17, 15) is 13.2 Å². The summed E-state index contributed by atoms with van der Waals surface area (Å²) in [5.74, 6) is 0. The Kier molecular flexibility index (Phi) is 4.21. The second-order valence-electron chi connectivity index (χ2n) is 4.10. The first-order valence-corrected chi connectivity index (χ1v) is 6.62. The molecule has 1 atom stereocenters. The van der Waals surface area contributed by atoms with E-state index in [4.69, 9.17) is 0 Å². The van der Waals surface area contributed by atoms with E-state index >= 15 is 0 Å². The predicted octanol–water partition coefficient (Wildman–Crippen LogP) is 3.67. The van der Waals surface area contributed by atoms with Crippen molar-refractivity contribution in [2.75, 3.05) is 7.05 Å². The van der Waals surface area contributed by atoms with E-state index in [0.717, 1.165) is 5.56 Å². The molecule has 102 valence electrons. The van der Waals surface area contributed by atoms with Gasteiger partial charge < -0.3 is 5.32 Å². The van der Waals surface area contributed by atoms with Crippen LogP contribution in [0, 0.1) is 0 Å². The van der Waals surface area contributed by atoms with Gasteiger partial charge >= 0.3 is 6.18 Å². The molecule has 19 heavy (non-hydrogen) atoms. The molecule has 0 amide bonds. The highest BCUT2D eigenvalue weighted by atomic mass is 32.1. The first-order valence-electron chi connectivity index (χ1n) is 5.74. The highest BCUT2D eigenvalue weighted by Gasteiger charge is 2.34. The summed E-state index contributed by atoms with van der Waals surface area (Å²) in [5.41, 5.74) is 1.49. The molecule has 0 aliphatic carbocycles. The van der Waals surface area contributed by atoms with E-state index in [1.807, 2.05) is 30.3 Å². The lowest BCUT2D eigenvalue weighted by Gasteiger charge is -2.15. The van der Waals surface area contributed by atoms with Crippen LogP contribution < -0.4 is 5.32 Å². The number of thiazole rings is 1. The summed E-state index contributed by atoms with van der Waals surface area (Å²) < 4.78 is 37.4. The maximum absolute atomic E-state index is 12.5. The number of halogens is 3. The smallest absolute Gasteiger partial charge is 0.313 e. The summed E-state index contributed by atoms with van der Waals surface area (Å²) in [6.45, 7) is 0. The lowest BCUT2D eigenvalue weighted by Crippen LogP contribution is -2.19. The van der Waals surface area contributed by atoms with Crippen molar-refractivity contribution in [3.8, 4) is 0 Å². The van der Waals surface area contributed by atoms with Crippen LogP contribution in [0.15, 0.2) is 35.7 Å². The van der Waals surface area contributed by atoms with Crippen LogP contribution in [0.5, 0.6) is 0 Å². The topological polar surface area (TPSA) is 24.9 Å². The van der Waals surface area contributed by atoms with Gasteiger partial charge in [0.15, 0.2) is 5.01 Å². The number of aromatic nitrogens is 1. The molecule has 1 aromatic carbocycles. The van der Waals surface area contributed by atoms with Crippen molar-refractivity contribution in [1.29, 1.82) is 0 Å². The van der Waals surface area contributed by atoms with Gasteiger partial charge in [-0.15, -0.1) is 11.3 Å². The molecule has 1 unspecified atom stereocenters. The number of benzene rings is 1. The van der Waals surface area contributed by atoms with Crippen LogP contribution in [-0.2, 0) is 12.6 Å². The molecule has 1 N–H and O–H groups in total. The molecule has 0 bridgehead atoms. The molecule has 0 radical (unpaired) electrons. The van der Waals surface area contributed by atoms with Crippen LogP contribution in [0.25, 0.3) is 0 Å². The summed E-state index contributed by atoms with van der Waals surface area (Å²) in [6, 6.07) is 9.56. The molecule has 1 heterocycles. The molecule has 2 aromatic rings. The first-order chi connectivity index (χ1) is 9.00. The van der Waals surface area contributed by atoms with Crippen LogP contribution >= 0.6 is 11.3 Å². The van der Waals surface area contributed by atoms with Crippen molar-refractivity contribution in [2.24, 2.45) is 0 Å². The molecule has 0 aliphatic rings. The van der Waals surface area contributed by atoms with Crippen molar-refractivity contribution in [2.45, 2.75) is 18.6 Å². The van der Waals surface area contributed by atoms with E-state index < -0.39 is 11.2 Å². The van der Waals surface area contributed by atoms with Gasteiger partial charge in [-0.1, -0.05) is 30.3 Å². The first kappa shape index (κ1) is 14.0. The Morgan fingerprint density at radius 3 is 2.47 bits per heavy atom. The lowest BCUT2D eigenvalue weighted by molar-refractivity contribution is -0.137. The number of rotatable bonds is 4. The summed E-state index contributed by atoms with van der Waals surface area (Å²) in [6.07, 6.45) is -3.92. The minimum absolute atomic E-state index is 0.0376. The minimum atomic E-state index is -4.36. The average Bonchev–Trinajstić information content (AvgIpc) is 2.85. The van der Waals surface area contributed by atoms with Gasteiger partial charge in [0, 0.05) is 17.8 Å². The standard InChI is InChI=1S/C13H13F3N2S/c1-17-11(9-5-3-2-4-6-9)7-10-8-19-12(18-10)13(14,15)16/h2-6,8,11,17H,7H2,1H3. The number of nitrogens with zero attached hydrogens (tertiary/aromatic N) is 1. The van der Waals surface area contributed by atoms with Crippen molar-refractivity contribution >= 4 is 11.3 Å². The van der Waals surface area contributed by atoms with Gasteiger partial charge in [0.2, 0.25) is 0 Å². The highest BCUT2D eigenvalue weighted by molar-refractivity contribution is 7.09. The Balaban J connectivity index is 2.13. The maximum atomic E-state index is 12.5. The summed E-state index contributed by atoms with van der Waals surface area (Å²) in [4.78, 5) is 3.65. The SMILES string of the molecule is CNC(Cc1csc(C(F)(F)F)n1)c1ccccc1. The summed E-state index contributed by atoms with van der Waals surface area (Å²) in [5, 5.41) is 3.78.